The molecule has 6 nitrogen and oxygen atoms in total. The number of benzene rings is 2. The molecule has 4 rings (SSSR count). The molecule has 1 aromatic heterocycles. The van der Waals surface area contributed by atoms with Gasteiger partial charge in [-0.1, -0.05) is 18.2 Å². The predicted molar refractivity (Wildman–Crippen MR) is 115 cm³/mol. The largest absolute Gasteiger partial charge is 0.495 e. The quantitative estimate of drug-likeness (QED) is 0.386. The van der Waals surface area contributed by atoms with Crippen LogP contribution in [0.4, 0.5) is 23.7 Å². The number of rotatable bonds is 5. The average Bonchev–Trinajstić information content (AvgIpc) is 2.96. The van der Waals surface area contributed by atoms with E-state index in [1.165, 1.54) is 36.3 Å². The van der Waals surface area contributed by atoms with Crippen molar-refractivity contribution in [1.29, 1.82) is 0 Å². The van der Waals surface area contributed by atoms with E-state index in [9.17, 15) is 22.8 Å². The fourth-order valence-corrected chi connectivity index (χ4v) is 4.18. The van der Waals surface area contributed by atoms with E-state index < -0.39 is 23.5 Å². The first-order valence-electron chi connectivity index (χ1n) is 9.60. The van der Waals surface area contributed by atoms with E-state index in [4.69, 9.17) is 4.74 Å². The van der Waals surface area contributed by atoms with Crippen molar-refractivity contribution in [3.63, 3.8) is 0 Å². The van der Waals surface area contributed by atoms with Gasteiger partial charge in [0.15, 0.2) is 0 Å². The average molecular weight is 461 g/mol. The highest BCUT2D eigenvalue weighted by Gasteiger charge is 2.43. The lowest BCUT2D eigenvalue weighted by atomic mass is 10.1. The molecule has 1 unspecified atom stereocenters. The Balaban J connectivity index is 1.64. The highest BCUT2D eigenvalue weighted by Crippen LogP contribution is 2.38. The third-order valence-electron chi connectivity index (χ3n) is 5.21. The van der Waals surface area contributed by atoms with Gasteiger partial charge < -0.3 is 9.64 Å². The van der Waals surface area contributed by atoms with E-state index in [1.54, 1.807) is 13.1 Å². The molecular formula is C22H18F3N3O3S. The molecule has 10 heteroatoms. The van der Waals surface area contributed by atoms with Crippen molar-refractivity contribution >= 4 is 40.3 Å². The van der Waals surface area contributed by atoms with Gasteiger partial charge in [-0.25, -0.2) is 9.69 Å². The zero-order chi connectivity index (χ0) is 23.0. The van der Waals surface area contributed by atoms with Gasteiger partial charge in [-0.2, -0.15) is 13.2 Å². The Morgan fingerprint density at radius 2 is 1.78 bits per heavy atom. The van der Waals surface area contributed by atoms with Gasteiger partial charge in [0.25, 0.3) is 5.91 Å². The Bertz CT molecular complexity index is 1180. The smallest absolute Gasteiger partial charge is 0.446 e. The molecule has 0 bridgehead atoms. The second kappa shape index (κ2) is 8.34. The summed E-state index contributed by atoms with van der Waals surface area (Å²) in [7, 11) is 1.50. The number of imide groups is 1. The van der Waals surface area contributed by atoms with E-state index in [0.717, 1.165) is 15.8 Å². The minimum atomic E-state index is -4.42. The van der Waals surface area contributed by atoms with Crippen LogP contribution in [0.25, 0.3) is 10.9 Å². The van der Waals surface area contributed by atoms with E-state index in [1.807, 2.05) is 24.3 Å². The maximum Gasteiger partial charge on any atom is 0.446 e. The number of anilines is 1. The number of alkyl halides is 3. The SMILES string of the molecule is COc1cnc2ccccc2c1CN1C(=O)N(c2ccc(SC(F)(F)F)cc2)C(=O)C1C. The van der Waals surface area contributed by atoms with Gasteiger partial charge in [-0.05, 0) is 49.0 Å². The van der Waals surface area contributed by atoms with E-state index in [2.05, 4.69) is 4.98 Å². The summed E-state index contributed by atoms with van der Waals surface area (Å²) in [4.78, 5) is 32.8. The van der Waals surface area contributed by atoms with Crippen molar-refractivity contribution in [2.45, 2.75) is 29.9 Å². The molecule has 1 aliphatic rings. The first kappa shape index (κ1) is 21.9. The zero-order valence-corrected chi connectivity index (χ0v) is 17.9. The monoisotopic (exact) mass is 461 g/mol. The first-order chi connectivity index (χ1) is 15.2. The van der Waals surface area contributed by atoms with Crippen molar-refractivity contribution in [1.82, 2.24) is 9.88 Å². The summed E-state index contributed by atoms with van der Waals surface area (Å²) < 4.78 is 43.1. The molecule has 0 radical (unpaired) electrons. The molecule has 0 aliphatic carbocycles. The van der Waals surface area contributed by atoms with Crippen molar-refractivity contribution in [2.24, 2.45) is 0 Å². The molecule has 0 spiro atoms. The highest BCUT2D eigenvalue weighted by molar-refractivity contribution is 8.00. The molecule has 1 aliphatic heterocycles. The maximum absolute atomic E-state index is 13.2. The maximum atomic E-state index is 13.2. The lowest BCUT2D eigenvalue weighted by Gasteiger charge is -2.21. The minimum absolute atomic E-state index is 0.0294. The second-order valence-electron chi connectivity index (χ2n) is 7.12. The Kier molecular flexibility index (Phi) is 5.72. The summed E-state index contributed by atoms with van der Waals surface area (Å²) in [6.07, 6.45) is 1.57. The van der Waals surface area contributed by atoms with E-state index in [-0.39, 0.29) is 28.9 Å². The van der Waals surface area contributed by atoms with Crippen molar-refractivity contribution in [3.8, 4) is 5.75 Å². The standard InChI is InChI=1S/C22H18F3N3O3S/c1-13-20(29)28(14-7-9-15(10-8-14)32-22(23,24)25)21(30)27(13)12-17-16-5-3-4-6-18(16)26-11-19(17)31-2/h3-11,13H,12H2,1-2H3. The fourth-order valence-electron chi connectivity index (χ4n) is 3.64. The minimum Gasteiger partial charge on any atom is -0.495 e. The summed E-state index contributed by atoms with van der Waals surface area (Å²) in [5.41, 5.74) is -2.76. The molecule has 166 valence electrons. The van der Waals surface area contributed by atoms with Crippen molar-refractivity contribution < 1.29 is 27.5 Å². The number of carbonyl (C=O) groups is 2. The summed E-state index contributed by atoms with van der Waals surface area (Å²) in [5.74, 6) is 0.0340. The van der Waals surface area contributed by atoms with Gasteiger partial charge in [0.05, 0.1) is 31.1 Å². The number of aromatic nitrogens is 1. The molecular weight excluding hydrogens is 443 g/mol. The van der Waals surface area contributed by atoms with Crippen LogP contribution in [0.1, 0.15) is 12.5 Å². The summed E-state index contributed by atoms with van der Waals surface area (Å²) in [6.45, 7) is 1.72. The number of carbonyl (C=O) groups excluding carboxylic acids is 2. The number of amides is 3. The summed E-state index contributed by atoms with van der Waals surface area (Å²) in [5, 5.41) is 0.797. The molecule has 3 aromatic rings. The number of urea groups is 1. The van der Waals surface area contributed by atoms with Gasteiger partial charge in [-0.3, -0.25) is 9.78 Å². The van der Waals surface area contributed by atoms with E-state index >= 15 is 0 Å². The van der Waals surface area contributed by atoms with Crippen LogP contribution in [0, 0.1) is 0 Å². The lowest BCUT2D eigenvalue weighted by Crippen LogP contribution is -2.33. The molecule has 32 heavy (non-hydrogen) atoms. The first-order valence-corrected chi connectivity index (χ1v) is 10.4. The number of thioether (sulfide) groups is 1. The molecule has 2 heterocycles. The zero-order valence-electron chi connectivity index (χ0n) is 17.1. The number of fused-ring (bicyclic) bond motifs is 1. The topological polar surface area (TPSA) is 62.7 Å². The molecule has 0 N–H and O–H groups in total. The van der Waals surface area contributed by atoms with Crippen LogP contribution in [-0.2, 0) is 11.3 Å². The fraction of sp³-hybridized carbons (Fsp3) is 0.227. The number of nitrogens with zero attached hydrogens (tertiary/aromatic N) is 3. The number of halogens is 3. The third kappa shape index (κ3) is 4.10. The molecule has 0 saturated carbocycles. The van der Waals surface area contributed by atoms with Gasteiger partial charge >= 0.3 is 11.5 Å². The van der Waals surface area contributed by atoms with Crippen LogP contribution in [0.5, 0.6) is 5.75 Å². The molecule has 2 aromatic carbocycles. The lowest BCUT2D eigenvalue weighted by molar-refractivity contribution is -0.119. The van der Waals surface area contributed by atoms with Crippen LogP contribution in [-0.4, -0.2) is 40.5 Å². The summed E-state index contributed by atoms with van der Waals surface area (Å²) >= 11 is -0.257. The predicted octanol–water partition coefficient (Wildman–Crippen LogP) is 5.21. The number of hydrogen-bond donors (Lipinski definition) is 0. The summed E-state index contributed by atoms with van der Waals surface area (Å²) in [6, 6.07) is 11.2. The number of para-hydroxylation sites is 1. The molecule has 1 saturated heterocycles. The normalized spacial score (nSPS) is 16.8. The van der Waals surface area contributed by atoms with Crippen LogP contribution in [0.15, 0.2) is 59.6 Å². The Morgan fingerprint density at radius 3 is 2.44 bits per heavy atom. The van der Waals surface area contributed by atoms with E-state index in [0.29, 0.717) is 11.3 Å². The third-order valence-corrected chi connectivity index (χ3v) is 5.95. The van der Waals surface area contributed by atoms with Crippen LogP contribution >= 0.6 is 11.8 Å². The Labute approximate surface area is 186 Å². The van der Waals surface area contributed by atoms with Crippen molar-refractivity contribution in [2.75, 3.05) is 12.0 Å². The molecule has 1 fully saturated rings. The van der Waals surface area contributed by atoms with Gasteiger partial charge in [0.2, 0.25) is 0 Å². The number of methoxy groups -OCH3 is 1. The highest BCUT2D eigenvalue weighted by atomic mass is 32.2. The second-order valence-corrected chi connectivity index (χ2v) is 8.26. The molecule has 1 atom stereocenters. The van der Waals surface area contributed by atoms with Crippen LogP contribution in [0.3, 0.4) is 0 Å². The number of hydrogen-bond acceptors (Lipinski definition) is 5. The van der Waals surface area contributed by atoms with Crippen LogP contribution < -0.4 is 9.64 Å². The number of pyridine rings is 1. The Morgan fingerprint density at radius 1 is 1.09 bits per heavy atom. The van der Waals surface area contributed by atoms with Gasteiger partial charge in [0, 0.05) is 15.8 Å². The Hall–Kier alpha value is -3.27. The van der Waals surface area contributed by atoms with Crippen LogP contribution in [0.2, 0.25) is 0 Å². The van der Waals surface area contributed by atoms with Crippen molar-refractivity contribution in [3.05, 3.63) is 60.3 Å². The van der Waals surface area contributed by atoms with Gasteiger partial charge in [0.1, 0.15) is 11.8 Å². The molecule has 3 amide bonds. The number of ether oxygens (including phenoxy) is 1. The van der Waals surface area contributed by atoms with Gasteiger partial charge in [-0.15, -0.1) is 0 Å².